The van der Waals surface area contributed by atoms with E-state index in [1.165, 1.54) is 61.2 Å². The molecule has 5 aliphatic rings. The van der Waals surface area contributed by atoms with Crippen LogP contribution < -0.4 is 0 Å². The van der Waals surface area contributed by atoms with Crippen LogP contribution in [0.3, 0.4) is 0 Å². The van der Waals surface area contributed by atoms with Gasteiger partial charge in [-0.1, -0.05) is 29.8 Å². The van der Waals surface area contributed by atoms with Gasteiger partial charge in [-0.25, -0.2) is 0 Å². The number of rotatable bonds is 2. The highest BCUT2D eigenvalue weighted by atomic mass is 16.2. The summed E-state index contributed by atoms with van der Waals surface area (Å²) in [6, 6.07) is 9.80. The summed E-state index contributed by atoms with van der Waals surface area (Å²) in [6.45, 7) is 5.35. The van der Waals surface area contributed by atoms with Crippen LogP contribution in [0, 0.1) is 12.8 Å². The Hall–Kier alpha value is -2.14. The molecule has 1 aromatic carbocycles. The number of hydrogen-bond acceptors (Lipinski definition) is 3. The topological polar surface area (TPSA) is 52.2 Å². The molecule has 0 radical (unpaired) electrons. The Morgan fingerprint density at radius 3 is 2.62 bits per heavy atom. The minimum atomic E-state index is 0.169. The molecule has 4 aliphatic heterocycles. The molecule has 1 N–H and O–H groups in total. The summed E-state index contributed by atoms with van der Waals surface area (Å²) in [6.07, 6.45) is 6.84. The van der Waals surface area contributed by atoms with Crippen molar-refractivity contribution in [2.24, 2.45) is 5.92 Å². The number of aromatic nitrogens is 2. The number of aromatic amines is 1. The van der Waals surface area contributed by atoms with E-state index in [1.807, 2.05) is 0 Å². The van der Waals surface area contributed by atoms with Gasteiger partial charge < -0.3 is 4.90 Å². The van der Waals surface area contributed by atoms with Gasteiger partial charge in [0, 0.05) is 29.8 Å². The smallest absolute Gasteiger partial charge is 0.274 e. The fourth-order valence-corrected chi connectivity index (χ4v) is 6.56. The minimum absolute atomic E-state index is 0.169. The zero-order chi connectivity index (χ0) is 19.5. The second-order valence-electron chi connectivity index (χ2n) is 9.57. The Balaban J connectivity index is 1.37. The number of piperidine rings is 3. The van der Waals surface area contributed by atoms with Gasteiger partial charge in [-0.15, -0.1) is 0 Å². The highest BCUT2D eigenvalue weighted by Crippen LogP contribution is 2.47. The van der Waals surface area contributed by atoms with Crippen LogP contribution >= 0.6 is 0 Å². The molecule has 5 nitrogen and oxygen atoms in total. The molecule has 4 saturated heterocycles. The number of amides is 1. The highest BCUT2D eigenvalue weighted by Gasteiger charge is 2.55. The molecule has 0 spiro atoms. The monoisotopic (exact) mass is 390 g/mol. The number of hydrogen-bond donors (Lipinski definition) is 1. The van der Waals surface area contributed by atoms with Crippen LogP contribution in [0.4, 0.5) is 0 Å². The van der Waals surface area contributed by atoms with E-state index < -0.39 is 0 Å². The molecule has 1 aliphatic carbocycles. The van der Waals surface area contributed by atoms with E-state index in [-0.39, 0.29) is 5.91 Å². The zero-order valence-corrected chi connectivity index (χ0v) is 17.2. The molecule has 4 fully saturated rings. The number of nitrogens with zero attached hydrogens (tertiary/aromatic N) is 3. The van der Waals surface area contributed by atoms with Gasteiger partial charge in [0.1, 0.15) is 0 Å². The second-order valence-corrected chi connectivity index (χ2v) is 9.57. The Labute approximate surface area is 172 Å². The average Bonchev–Trinajstić information content (AvgIpc) is 3.38. The minimum Gasteiger partial charge on any atom is -0.332 e. The average molecular weight is 391 g/mol. The summed E-state index contributed by atoms with van der Waals surface area (Å²) in [4.78, 5) is 18.7. The molecule has 3 atom stereocenters. The molecule has 0 unspecified atom stereocenters. The predicted molar refractivity (Wildman–Crippen MR) is 112 cm³/mol. The first-order chi connectivity index (χ1) is 14.2. The number of fused-ring (bicyclic) bond motifs is 3. The molecule has 5 heterocycles. The van der Waals surface area contributed by atoms with E-state index in [4.69, 9.17) is 0 Å². The molecule has 152 valence electrons. The van der Waals surface area contributed by atoms with Gasteiger partial charge in [-0.2, -0.15) is 5.10 Å². The maximum Gasteiger partial charge on any atom is 0.274 e. The van der Waals surface area contributed by atoms with E-state index in [0.29, 0.717) is 29.6 Å². The maximum absolute atomic E-state index is 13.8. The molecule has 7 rings (SSSR count). The number of benzene rings is 1. The Morgan fingerprint density at radius 1 is 1.07 bits per heavy atom. The van der Waals surface area contributed by atoms with Crippen molar-refractivity contribution in [3.63, 3.8) is 0 Å². The van der Waals surface area contributed by atoms with Gasteiger partial charge >= 0.3 is 0 Å². The van der Waals surface area contributed by atoms with Crippen molar-refractivity contribution in [2.45, 2.75) is 63.5 Å². The van der Waals surface area contributed by atoms with Crippen molar-refractivity contribution in [1.29, 1.82) is 0 Å². The molecule has 5 heteroatoms. The number of H-pyrrole nitrogens is 1. The maximum atomic E-state index is 13.8. The lowest BCUT2D eigenvalue weighted by Crippen LogP contribution is -2.60. The standard InChI is InChI=1S/C24H30N4O/c1-15-6-8-16(9-7-15)19-14-28(22-17-10-12-27(13-11-17)23(19)22)24(29)21-18-4-2-3-5-20(18)25-26-21/h6-9,17,19,22-23H,2-5,10-14H2,1H3,(H,25,26)/t19-,22+,23+/m0/s1. The van der Waals surface area contributed by atoms with Crippen molar-refractivity contribution in [1.82, 2.24) is 20.0 Å². The lowest BCUT2D eigenvalue weighted by atomic mass is 9.75. The molecular weight excluding hydrogens is 360 g/mol. The quantitative estimate of drug-likeness (QED) is 0.856. The molecule has 29 heavy (non-hydrogen) atoms. The van der Waals surface area contributed by atoms with Gasteiger partial charge in [0.15, 0.2) is 5.69 Å². The largest absolute Gasteiger partial charge is 0.332 e. The fraction of sp³-hybridized carbons (Fsp3) is 0.583. The van der Waals surface area contributed by atoms with Gasteiger partial charge in [-0.05, 0) is 70.0 Å². The number of aryl methyl sites for hydroxylation is 2. The van der Waals surface area contributed by atoms with Gasteiger partial charge in [0.05, 0.1) is 6.04 Å². The highest BCUT2D eigenvalue weighted by molar-refractivity contribution is 5.94. The Morgan fingerprint density at radius 2 is 1.83 bits per heavy atom. The molecule has 1 amide bonds. The van der Waals surface area contributed by atoms with Crippen LogP contribution in [-0.2, 0) is 12.8 Å². The summed E-state index contributed by atoms with van der Waals surface area (Å²) in [5.41, 5.74) is 5.78. The van der Waals surface area contributed by atoms with Crippen LogP contribution in [0.15, 0.2) is 24.3 Å². The van der Waals surface area contributed by atoms with E-state index in [9.17, 15) is 4.79 Å². The SMILES string of the molecule is Cc1ccc([C@@H]2CN(C(=O)c3n[nH]c4c3CCCC4)[C@@H]3C4CCN(CC4)[C@@H]32)cc1. The molecule has 2 bridgehead atoms. The third-order valence-electron chi connectivity index (χ3n) is 8.02. The Bertz CT molecular complexity index is 925. The zero-order valence-electron chi connectivity index (χ0n) is 17.2. The van der Waals surface area contributed by atoms with E-state index in [2.05, 4.69) is 51.2 Å². The molecular formula is C24H30N4O. The lowest BCUT2D eigenvalue weighted by Gasteiger charge is -2.51. The van der Waals surface area contributed by atoms with Crippen LogP contribution in [0.1, 0.15) is 64.5 Å². The Kier molecular flexibility index (Phi) is 4.09. The van der Waals surface area contributed by atoms with Crippen LogP contribution in [0.25, 0.3) is 0 Å². The van der Waals surface area contributed by atoms with Crippen molar-refractivity contribution >= 4 is 5.91 Å². The third kappa shape index (κ3) is 2.70. The second kappa shape index (κ2) is 6.69. The van der Waals surface area contributed by atoms with E-state index in [1.54, 1.807) is 0 Å². The van der Waals surface area contributed by atoms with Crippen LogP contribution in [0.2, 0.25) is 0 Å². The van der Waals surface area contributed by atoms with Crippen LogP contribution in [-0.4, -0.2) is 57.6 Å². The number of carbonyl (C=O) groups excluding carboxylic acids is 1. The van der Waals surface area contributed by atoms with Gasteiger partial charge in [0.25, 0.3) is 5.91 Å². The first-order valence-electron chi connectivity index (χ1n) is 11.4. The number of carbonyl (C=O) groups is 1. The summed E-state index contributed by atoms with van der Waals surface area (Å²) in [5.74, 6) is 1.21. The fourth-order valence-electron chi connectivity index (χ4n) is 6.56. The molecule has 1 aromatic heterocycles. The lowest BCUT2D eigenvalue weighted by molar-refractivity contribution is -0.00361. The van der Waals surface area contributed by atoms with E-state index >= 15 is 0 Å². The summed E-state index contributed by atoms with van der Waals surface area (Å²) >= 11 is 0. The first-order valence-corrected chi connectivity index (χ1v) is 11.4. The van der Waals surface area contributed by atoms with Crippen molar-refractivity contribution in [3.8, 4) is 0 Å². The van der Waals surface area contributed by atoms with Crippen LogP contribution in [0.5, 0.6) is 0 Å². The first kappa shape index (κ1) is 17.7. The van der Waals surface area contributed by atoms with Gasteiger partial charge in [-0.3, -0.25) is 14.8 Å². The third-order valence-corrected chi connectivity index (χ3v) is 8.02. The summed E-state index contributed by atoms with van der Waals surface area (Å²) < 4.78 is 0. The van der Waals surface area contributed by atoms with Crippen molar-refractivity contribution in [3.05, 3.63) is 52.3 Å². The van der Waals surface area contributed by atoms with Gasteiger partial charge in [0.2, 0.25) is 0 Å². The number of nitrogens with one attached hydrogen (secondary N) is 1. The van der Waals surface area contributed by atoms with Crippen molar-refractivity contribution in [2.75, 3.05) is 19.6 Å². The van der Waals surface area contributed by atoms with Crippen molar-refractivity contribution < 1.29 is 4.79 Å². The molecule has 2 aromatic rings. The van der Waals surface area contributed by atoms with E-state index in [0.717, 1.165) is 19.4 Å². The summed E-state index contributed by atoms with van der Waals surface area (Å²) in [5, 5.41) is 7.70. The number of likely N-dealkylation sites (tertiary alicyclic amines) is 1. The predicted octanol–water partition coefficient (Wildman–Crippen LogP) is 3.30. The summed E-state index contributed by atoms with van der Waals surface area (Å²) in [7, 11) is 0. The normalized spacial score (nSPS) is 32.9. The molecule has 0 saturated carbocycles.